The maximum atomic E-state index is 12.8. The minimum Gasteiger partial charge on any atom is -0.497 e. The van der Waals surface area contributed by atoms with Crippen molar-refractivity contribution in [2.24, 2.45) is 0 Å². The number of benzene rings is 3. The van der Waals surface area contributed by atoms with E-state index in [9.17, 15) is 4.79 Å². The summed E-state index contributed by atoms with van der Waals surface area (Å²) in [5.74, 6) is 2.51. The van der Waals surface area contributed by atoms with Crippen molar-refractivity contribution in [3.8, 4) is 11.5 Å². The molecule has 1 N–H and O–H groups in total. The Morgan fingerprint density at radius 3 is 2.60 bits per heavy atom. The van der Waals surface area contributed by atoms with Gasteiger partial charge in [-0.1, -0.05) is 36.4 Å². The van der Waals surface area contributed by atoms with E-state index >= 15 is 0 Å². The van der Waals surface area contributed by atoms with Crippen LogP contribution < -0.4 is 14.8 Å². The van der Waals surface area contributed by atoms with Crippen LogP contribution in [0.5, 0.6) is 11.5 Å². The molecule has 0 bridgehead atoms. The Balaban J connectivity index is 1.43. The summed E-state index contributed by atoms with van der Waals surface area (Å²) in [5.41, 5.74) is 5.25. The largest absolute Gasteiger partial charge is 0.497 e. The number of amides is 1. The molecule has 1 amide bonds. The monoisotopic (exact) mass is 471 g/mol. The van der Waals surface area contributed by atoms with Gasteiger partial charge >= 0.3 is 0 Å². The molecule has 0 fully saturated rings. The van der Waals surface area contributed by atoms with Gasteiger partial charge in [0.2, 0.25) is 5.91 Å². The summed E-state index contributed by atoms with van der Waals surface area (Å²) in [7, 11) is 1.63. The minimum absolute atomic E-state index is 0.0421. The zero-order valence-electron chi connectivity index (χ0n) is 20.9. The topological polar surface area (TPSA) is 65.4 Å². The molecule has 6 nitrogen and oxygen atoms in total. The second-order valence-corrected chi connectivity index (χ2v) is 8.90. The number of hydrogen-bond acceptors (Lipinski definition) is 4. The number of nitrogens with zero attached hydrogens (tertiary/aromatic N) is 2. The Kier molecular flexibility index (Phi) is 7.70. The van der Waals surface area contributed by atoms with Gasteiger partial charge in [-0.25, -0.2) is 4.98 Å². The fraction of sp³-hybridized carbons (Fsp3) is 0.310. The first-order chi connectivity index (χ1) is 16.9. The molecule has 0 aliphatic carbocycles. The van der Waals surface area contributed by atoms with Gasteiger partial charge in [-0.05, 0) is 74.2 Å². The fourth-order valence-electron chi connectivity index (χ4n) is 4.21. The Bertz CT molecular complexity index is 1290. The normalized spacial score (nSPS) is 11.9. The van der Waals surface area contributed by atoms with Crippen LogP contribution in [0.4, 0.5) is 0 Å². The van der Waals surface area contributed by atoms with Crippen molar-refractivity contribution in [2.45, 2.75) is 46.2 Å². The lowest BCUT2D eigenvalue weighted by molar-refractivity contribution is -0.121. The van der Waals surface area contributed by atoms with Crippen molar-refractivity contribution >= 4 is 16.9 Å². The van der Waals surface area contributed by atoms with E-state index in [1.165, 1.54) is 5.56 Å². The van der Waals surface area contributed by atoms with Gasteiger partial charge < -0.3 is 19.4 Å². The average Bonchev–Trinajstić information content (AvgIpc) is 3.23. The summed E-state index contributed by atoms with van der Waals surface area (Å²) in [4.78, 5) is 17.6. The van der Waals surface area contributed by atoms with Crippen molar-refractivity contribution in [1.82, 2.24) is 14.9 Å². The molecule has 4 aromatic rings. The van der Waals surface area contributed by atoms with E-state index in [-0.39, 0.29) is 11.9 Å². The highest BCUT2D eigenvalue weighted by atomic mass is 16.5. The van der Waals surface area contributed by atoms with E-state index in [0.29, 0.717) is 13.0 Å². The number of fused-ring (bicyclic) bond motifs is 1. The number of carbonyl (C=O) groups excluding carboxylic acids is 1. The number of ether oxygens (including phenoxy) is 2. The van der Waals surface area contributed by atoms with E-state index in [2.05, 4.69) is 48.0 Å². The van der Waals surface area contributed by atoms with Crippen LogP contribution >= 0.6 is 0 Å². The number of nitrogens with one attached hydrogen (secondary N) is 1. The molecule has 0 aliphatic heterocycles. The summed E-state index contributed by atoms with van der Waals surface area (Å²) >= 11 is 0. The molecule has 0 saturated carbocycles. The predicted octanol–water partition coefficient (Wildman–Crippen LogP) is 5.55. The predicted molar refractivity (Wildman–Crippen MR) is 139 cm³/mol. The lowest BCUT2D eigenvalue weighted by Gasteiger charge is -2.17. The molecule has 182 valence electrons. The molecule has 1 heterocycles. The second-order valence-electron chi connectivity index (χ2n) is 8.90. The van der Waals surface area contributed by atoms with Gasteiger partial charge in [-0.2, -0.15) is 0 Å². The van der Waals surface area contributed by atoms with Crippen LogP contribution in [0, 0.1) is 13.8 Å². The van der Waals surface area contributed by atoms with E-state index in [4.69, 9.17) is 14.5 Å². The van der Waals surface area contributed by atoms with Crippen LogP contribution in [0.2, 0.25) is 0 Å². The summed E-state index contributed by atoms with van der Waals surface area (Å²) in [5, 5.41) is 3.12. The highest BCUT2D eigenvalue weighted by Gasteiger charge is 2.18. The lowest BCUT2D eigenvalue weighted by Crippen LogP contribution is -2.30. The summed E-state index contributed by atoms with van der Waals surface area (Å²) < 4.78 is 13.5. The van der Waals surface area contributed by atoms with E-state index in [0.717, 1.165) is 52.4 Å². The highest BCUT2D eigenvalue weighted by Crippen LogP contribution is 2.23. The van der Waals surface area contributed by atoms with Crippen molar-refractivity contribution < 1.29 is 14.3 Å². The Labute approximate surface area is 206 Å². The maximum Gasteiger partial charge on any atom is 0.224 e. The minimum atomic E-state index is -0.229. The van der Waals surface area contributed by atoms with Gasteiger partial charge in [-0.3, -0.25) is 4.79 Å². The number of aromatic nitrogens is 2. The third-order valence-electron chi connectivity index (χ3n) is 6.10. The van der Waals surface area contributed by atoms with Crippen molar-refractivity contribution in [3.63, 3.8) is 0 Å². The first kappa shape index (κ1) is 24.3. The molecule has 1 unspecified atom stereocenters. The first-order valence-corrected chi connectivity index (χ1v) is 12.0. The number of aryl methyl sites for hydroxylation is 3. The summed E-state index contributed by atoms with van der Waals surface area (Å²) in [6.07, 6.45) is 1.13. The summed E-state index contributed by atoms with van der Waals surface area (Å²) in [6.45, 7) is 7.47. The van der Waals surface area contributed by atoms with Gasteiger partial charge in [0.15, 0.2) is 0 Å². The van der Waals surface area contributed by atoms with Gasteiger partial charge in [0, 0.05) is 6.54 Å². The van der Waals surface area contributed by atoms with E-state index in [1.54, 1.807) is 7.11 Å². The quantitative estimate of drug-likeness (QED) is 0.308. The van der Waals surface area contributed by atoms with Crippen molar-refractivity contribution in [3.05, 3.63) is 89.2 Å². The highest BCUT2D eigenvalue weighted by molar-refractivity contribution is 5.79. The zero-order valence-corrected chi connectivity index (χ0v) is 20.9. The number of para-hydroxylation sites is 2. The Hall–Kier alpha value is -3.80. The van der Waals surface area contributed by atoms with Crippen LogP contribution in [0.3, 0.4) is 0 Å². The van der Waals surface area contributed by atoms with Gasteiger partial charge in [0.25, 0.3) is 0 Å². The molecule has 1 atom stereocenters. The zero-order chi connectivity index (χ0) is 24.8. The number of rotatable bonds is 10. The second kappa shape index (κ2) is 11.1. The Morgan fingerprint density at radius 1 is 1.06 bits per heavy atom. The molecule has 35 heavy (non-hydrogen) atoms. The summed E-state index contributed by atoms with van der Waals surface area (Å²) in [6, 6.07) is 21.7. The lowest BCUT2D eigenvalue weighted by atomic mass is 10.1. The molecule has 3 aromatic carbocycles. The molecular weight excluding hydrogens is 438 g/mol. The maximum absolute atomic E-state index is 12.8. The third kappa shape index (κ3) is 6.01. The molecular formula is C29H33N3O3. The molecule has 1 aromatic heterocycles. The van der Waals surface area contributed by atoms with Crippen LogP contribution in [0.15, 0.2) is 66.7 Å². The standard InChI is InChI=1S/C29H33N3O3/c1-20-10-11-21(2)27(18-20)35-17-7-16-32-26-9-6-5-8-25(26)31-29(32)22(3)30-28(33)19-23-12-14-24(34-4)15-13-23/h5-6,8-15,18,22H,7,16-17,19H2,1-4H3,(H,30,33). The first-order valence-electron chi connectivity index (χ1n) is 12.0. The number of carbonyl (C=O) groups is 1. The molecule has 0 aliphatic rings. The fourth-order valence-corrected chi connectivity index (χ4v) is 4.21. The molecule has 6 heteroatoms. The molecule has 4 rings (SSSR count). The Morgan fingerprint density at radius 2 is 1.83 bits per heavy atom. The van der Waals surface area contributed by atoms with Crippen LogP contribution in [0.25, 0.3) is 11.0 Å². The average molecular weight is 472 g/mol. The number of hydrogen-bond donors (Lipinski definition) is 1. The van der Waals surface area contributed by atoms with Crippen LogP contribution in [0.1, 0.15) is 41.9 Å². The van der Waals surface area contributed by atoms with Crippen molar-refractivity contribution in [2.75, 3.05) is 13.7 Å². The number of methoxy groups -OCH3 is 1. The smallest absolute Gasteiger partial charge is 0.224 e. The van der Waals surface area contributed by atoms with E-state index < -0.39 is 0 Å². The van der Waals surface area contributed by atoms with Gasteiger partial charge in [-0.15, -0.1) is 0 Å². The van der Waals surface area contributed by atoms with Gasteiger partial charge in [0.1, 0.15) is 17.3 Å². The number of imidazole rings is 1. The van der Waals surface area contributed by atoms with Crippen LogP contribution in [-0.4, -0.2) is 29.2 Å². The molecule has 0 saturated heterocycles. The molecule has 0 spiro atoms. The van der Waals surface area contributed by atoms with E-state index in [1.807, 2.05) is 49.4 Å². The molecule has 0 radical (unpaired) electrons. The SMILES string of the molecule is COc1ccc(CC(=O)NC(C)c2nc3ccccc3n2CCCOc2cc(C)ccc2C)cc1. The van der Waals surface area contributed by atoms with Crippen LogP contribution in [-0.2, 0) is 17.8 Å². The third-order valence-corrected chi connectivity index (χ3v) is 6.10. The van der Waals surface area contributed by atoms with Crippen molar-refractivity contribution in [1.29, 1.82) is 0 Å². The van der Waals surface area contributed by atoms with Gasteiger partial charge in [0.05, 0.1) is 37.2 Å².